The molecule has 1 aromatic heterocycles. The highest BCUT2D eigenvalue weighted by atomic mass is 16.5. The van der Waals surface area contributed by atoms with E-state index in [1.165, 1.54) is 0 Å². The lowest BCUT2D eigenvalue weighted by Gasteiger charge is -2.08. The lowest BCUT2D eigenvalue weighted by molar-refractivity contribution is 0.102. The summed E-state index contributed by atoms with van der Waals surface area (Å²) in [5.74, 6) is 0.622. The number of hydrogen-bond donors (Lipinski definition) is 2. The molecule has 0 spiro atoms. The third kappa shape index (κ3) is 2.68. The average molecular weight is 294 g/mol. The lowest BCUT2D eigenvalue weighted by Crippen LogP contribution is -2.13. The number of nitrogens with one attached hydrogen (secondary N) is 2. The highest BCUT2D eigenvalue weighted by Crippen LogP contribution is 2.23. The first kappa shape index (κ1) is 14.2. The zero-order valence-electron chi connectivity index (χ0n) is 12.9. The summed E-state index contributed by atoms with van der Waals surface area (Å²) in [7, 11) is 1.63. The van der Waals surface area contributed by atoms with Gasteiger partial charge in [0, 0.05) is 16.6 Å². The fraction of sp³-hybridized carbons (Fsp3) is 0.167. The van der Waals surface area contributed by atoms with Crippen LogP contribution in [0.1, 0.15) is 21.6 Å². The van der Waals surface area contributed by atoms with E-state index >= 15 is 0 Å². The van der Waals surface area contributed by atoms with Crippen molar-refractivity contribution in [2.24, 2.45) is 0 Å². The Morgan fingerprint density at radius 3 is 2.68 bits per heavy atom. The molecule has 4 nitrogen and oxygen atoms in total. The van der Waals surface area contributed by atoms with Crippen molar-refractivity contribution in [2.75, 3.05) is 12.4 Å². The van der Waals surface area contributed by atoms with Crippen molar-refractivity contribution in [3.63, 3.8) is 0 Å². The Bertz CT molecular complexity index is 849. The minimum absolute atomic E-state index is 0.149. The number of aromatic amines is 1. The second kappa shape index (κ2) is 5.56. The number of anilines is 1. The van der Waals surface area contributed by atoms with E-state index in [9.17, 15) is 4.79 Å². The van der Waals surface area contributed by atoms with Crippen LogP contribution in [-0.4, -0.2) is 18.0 Å². The standard InChI is InChI=1S/C18H18N2O2/c1-11-4-5-12(2)16(8-11)20-18(21)17-10-13-9-14(22-3)6-7-15(13)19-17/h4-10,19H,1-3H3,(H,20,21). The number of carbonyl (C=O) groups is 1. The summed E-state index contributed by atoms with van der Waals surface area (Å²) in [6.07, 6.45) is 0. The van der Waals surface area contributed by atoms with Gasteiger partial charge < -0.3 is 15.0 Å². The first-order chi connectivity index (χ1) is 10.6. The van der Waals surface area contributed by atoms with Gasteiger partial charge in [-0.2, -0.15) is 0 Å². The van der Waals surface area contributed by atoms with Gasteiger partial charge in [0.2, 0.25) is 0 Å². The van der Waals surface area contributed by atoms with Crippen molar-refractivity contribution in [2.45, 2.75) is 13.8 Å². The van der Waals surface area contributed by atoms with Gasteiger partial charge in [-0.05, 0) is 55.3 Å². The first-order valence-corrected chi connectivity index (χ1v) is 7.12. The summed E-state index contributed by atoms with van der Waals surface area (Å²) in [6, 6.07) is 13.5. The second-order valence-corrected chi connectivity index (χ2v) is 5.41. The zero-order valence-corrected chi connectivity index (χ0v) is 12.9. The Kier molecular flexibility index (Phi) is 3.59. The summed E-state index contributed by atoms with van der Waals surface area (Å²) < 4.78 is 5.20. The Morgan fingerprint density at radius 1 is 1.09 bits per heavy atom. The van der Waals surface area contributed by atoms with Crippen molar-refractivity contribution in [1.82, 2.24) is 4.98 Å². The molecule has 0 bridgehead atoms. The number of rotatable bonds is 3. The molecule has 22 heavy (non-hydrogen) atoms. The topological polar surface area (TPSA) is 54.1 Å². The molecule has 0 aliphatic rings. The third-order valence-electron chi connectivity index (χ3n) is 3.71. The van der Waals surface area contributed by atoms with Crippen molar-refractivity contribution in [3.8, 4) is 5.75 Å². The summed E-state index contributed by atoms with van der Waals surface area (Å²) in [5.41, 5.74) is 4.43. The summed E-state index contributed by atoms with van der Waals surface area (Å²) >= 11 is 0. The number of fused-ring (bicyclic) bond motifs is 1. The fourth-order valence-electron chi connectivity index (χ4n) is 2.42. The van der Waals surface area contributed by atoms with Crippen LogP contribution < -0.4 is 10.1 Å². The van der Waals surface area contributed by atoms with E-state index in [1.807, 2.05) is 56.3 Å². The monoisotopic (exact) mass is 294 g/mol. The Labute approximate surface area is 129 Å². The Balaban J connectivity index is 1.90. The summed E-state index contributed by atoms with van der Waals surface area (Å²) in [6.45, 7) is 3.98. The van der Waals surface area contributed by atoms with Crippen molar-refractivity contribution in [1.29, 1.82) is 0 Å². The number of amides is 1. The van der Waals surface area contributed by atoms with E-state index in [4.69, 9.17) is 4.74 Å². The van der Waals surface area contributed by atoms with Gasteiger partial charge in [0.05, 0.1) is 7.11 Å². The van der Waals surface area contributed by atoms with Crippen LogP contribution in [0.5, 0.6) is 5.75 Å². The second-order valence-electron chi connectivity index (χ2n) is 5.41. The smallest absolute Gasteiger partial charge is 0.272 e. The number of ether oxygens (including phenoxy) is 1. The highest BCUT2D eigenvalue weighted by Gasteiger charge is 2.11. The van der Waals surface area contributed by atoms with Crippen LogP contribution in [0.3, 0.4) is 0 Å². The third-order valence-corrected chi connectivity index (χ3v) is 3.71. The van der Waals surface area contributed by atoms with E-state index in [0.29, 0.717) is 5.69 Å². The lowest BCUT2D eigenvalue weighted by atomic mass is 10.1. The zero-order chi connectivity index (χ0) is 15.7. The number of aromatic nitrogens is 1. The molecule has 0 aliphatic heterocycles. The average Bonchev–Trinajstić information content (AvgIpc) is 2.94. The number of aryl methyl sites for hydroxylation is 2. The van der Waals surface area contributed by atoms with Crippen LogP contribution >= 0.6 is 0 Å². The quantitative estimate of drug-likeness (QED) is 0.765. The number of methoxy groups -OCH3 is 1. The van der Waals surface area contributed by atoms with E-state index in [1.54, 1.807) is 7.11 Å². The molecule has 1 heterocycles. The van der Waals surface area contributed by atoms with E-state index in [2.05, 4.69) is 10.3 Å². The molecular weight excluding hydrogens is 276 g/mol. The van der Waals surface area contributed by atoms with Crippen LogP contribution in [-0.2, 0) is 0 Å². The van der Waals surface area contributed by atoms with Gasteiger partial charge in [0.1, 0.15) is 11.4 Å². The SMILES string of the molecule is COc1ccc2[nH]c(C(=O)Nc3cc(C)ccc3C)cc2c1. The fourth-order valence-corrected chi connectivity index (χ4v) is 2.42. The number of benzene rings is 2. The van der Waals surface area contributed by atoms with Gasteiger partial charge in [-0.1, -0.05) is 12.1 Å². The van der Waals surface area contributed by atoms with Crippen molar-refractivity contribution < 1.29 is 9.53 Å². The predicted molar refractivity (Wildman–Crippen MR) is 88.7 cm³/mol. The minimum Gasteiger partial charge on any atom is -0.497 e. The van der Waals surface area contributed by atoms with Crippen LogP contribution in [0.2, 0.25) is 0 Å². The molecule has 3 rings (SSSR count). The van der Waals surface area contributed by atoms with Crippen LogP contribution in [0, 0.1) is 13.8 Å². The molecule has 0 saturated carbocycles. The number of carbonyl (C=O) groups excluding carboxylic acids is 1. The molecular formula is C18H18N2O2. The van der Waals surface area contributed by atoms with Crippen LogP contribution in [0.15, 0.2) is 42.5 Å². The van der Waals surface area contributed by atoms with E-state index < -0.39 is 0 Å². The number of hydrogen-bond acceptors (Lipinski definition) is 2. The molecule has 2 aromatic carbocycles. The molecule has 3 aromatic rings. The molecule has 0 atom stereocenters. The molecule has 0 fully saturated rings. The molecule has 2 N–H and O–H groups in total. The van der Waals surface area contributed by atoms with Crippen LogP contribution in [0.25, 0.3) is 10.9 Å². The Hall–Kier alpha value is -2.75. The minimum atomic E-state index is -0.149. The van der Waals surface area contributed by atoms with Gasteiger partial charge in [-0.25, -0.2) is 0 Å². The van der Waals surface area contributed by atoms with Gasteiger partial charge in [0.15, 0.2) is 0 Å². The van der Waals surface area contributed by atoms with Crippen LogP contribution in [0.4, 0.5) is 5.69 Å². The maximum absolute atomic E-state index is 12.4. The summed E-state index contributed by atoms with van der Waals surface area (Å²) in [5, 5.41) is 3.90. The number of H-pyrrole nitrogens is 1. The Morgan fingerprint density at radius 2 is 1.91 bits per heavy atom. The highest BCUT2D eigenvalue weighted by molar-refractivity contribution is 6.06. The largest absolute Gasteiger partial charge is 0.497 e. The first-order valence-electron chi connectivity index (χ1n) is 7.12. The maximum atomic E-state index is 12.4. The van der Waals surface area contributed by atoms with E-state index in [0.717, 1.165) is 33.5 Å². The van der Waals surface area contributed by atoms with Gasteiger partial charge >= 0.3 is 0 Å². The van der Waals surface area contributed by atoms with Gasteiger partial charge in [0.25, 0.3) is 5.91 Å². The molecule has 1 amide bonds. The predicted octanol–water partition coefficient (Wildman–Crippen LogP) is 4.05. The van der Waals surface area contributed by atoms with Gasteiger partial charge in [-0.3, -0.25) is 4.79 Å². The van der Waals surface area contributed by atoms with Gasteiger partial charge in [-0.15, -0.1) is 0 Å². The molecule has 112 valence electrons. The normalized spacial score (nSPS) is 10.7. The molecule has 0 aliphatic carbocycles. The van der Waals surface area contributed by atoms with E-state index in [-0.39, 0.29) is 5.91 Å². The summed E-state index contributed by atoms with van der Waals surface area (Å²) in [4.78, 5) is 15.6. The van der Waals surface area contributed by atoms with Crippen molar-refractivity contribution >= 4 is 22.5 Å². The molecule has 0 unspecified atom stereocenters. The molecule has 0 radical (unpaired) electrons. The van der Waals surface area contributed by atoms with Crippen molar-refractivity contribution in [3.05, 3.63) is 59.3 Å². The molecule has 4 heteroatoms. The molecule has 0 saturated heterocycles. The maximum Gasteiger partial charge on any atom is 0.272 e.